The number of pyridine rings is 1. The fraction of sp³-hybridized carbons (Fsp3) is 0.500. The molecule has 2 rings (SSSR count). The average Bonchev–Trinajstić information content (AvgIpc) is 2.32. The van der Waals surface area contributed by atoms with Crippen LogP contribution < -0.4 is 4.90 Å². The summed E-state index contributed by atoms with van der Waals surface area (Å²) in [5.41, 5.74) is 0.986. The summed E-state index contributed by atoms with van der Waals surface area (Å²) in [6.45, 7) is 4.23. The van der Waals surface area contributed by atoms with E-state index in [9.17, 15) is 0 Å². The SMILES string of the molecule is CN1CCN(c2ccc(CC#N)cn2)CC1. The lowest BCUT2D eigenvalue weighted by molar-refractivity contribution is 0.312. The van der Waals surface area contributed by atoms with Crippen molar-refractivity contribution in [2.45, 2.75) is 6.42 Å². The predicted molar refractivity (Wildman–Crippen MR) is 63.3 cm³/mol. The van der Waals surface area contributed by atoms with E-state index in [2.05, 4.69) is 27.9 Å². The Morgan fingerprint density at radius 3 is 2.62 bits per heavy atom. The van der Waals surface area contributed by atoms with Crippen LogP contribution in [-0.2, 0) is 6.42 Å². The topological polar surface area (TPSA) is 43.2 Å². The summed E-state index contributed by atoms with van der Waals surface area (Å²) in [6, 6.07) is 6.13. The van der Waals surface area contributed by atoms with Crippen LogP contribution in [0, 0.1) is 11.3 Å². The van der Waals surface area contributed by atoms with Crippen LogP contribution >= 0.6 is 0 Å². The first-order chi connectivity index (χ1) is 7.79. The largest absolute Gasteiger partial charge is 0.354 e. The van der Waals surface area contributed by atoms with Crippen LogP contribution in [-0.4, -0.2) is 43.1 Å². The fourth-order valence-electron chi connectivity index (χ4n) is 1.84. The van der Waals surface area contributed by atoms with Gasteiger partial charge in [0.2, 0.25) is 0 Å². The van der Waals surface area contributed by atoms with E-state index >= 15 is 0 Å². The van der Waals surface area contributed by atoms with E-state index in [-0.39, 0.29) is 0 Å². The molecule has 1 saturated heterocycles. The summed E-state index contributed by atoms with van der Waals surface area (Å²) < 4.78 is 0. The van der Waals surface area contributed by atoms with Crippen molar-refractivity contribution in [1.82, 2.24) is 9.88 Å². The number of likely N-dealkylation sites (N-methyl/N-ethyl adjacent to an activating group) is 1. The third kappa shape index (κ3) is 2.50. The number of rotatable bonds is 2. The Bertz CT molecular complexity index is 371. The predicted octanol–water partition coefficient (Wildman–Crippen LogP) is 0.899. The lowest BCUT2D eigenvalue weighted by atomic mass is 10.2. The third-order valence-electron chi connectivity index (χ3n) is 2.92. The van der Waals surface area contributed by atoms with Gasteiger partial charge in [0.05, 0.1) is 12.5 Å². The molecule has 84 valence electrons. The minimum absolute atomic E-state index is 0.440. The highest BCUT2D eigenvalue weighted by atomic mass is 15.3. The minimum Gasteiger partial charge on any atom is -0.354 e. The molecule has 4 nitrogen and oxygen atoms in total. The van der Waals surface area contributed by atoms with E-state index in [1.54, 1.807) is 6.20 Å². The Morgan fingerprint density at radius 2 is 2.06 bits per heavy atom. The average molecular weight is 216 g/mol. The van der Waals surface area contributed by atoms with Gasteiger partial charge in [0.25, 0.3) is 0 Å². The van der Waals surface area contributed by atoms with Gasteiger partial charge >= 0.3 is 0 Å². The highest BCUT2D eigenvalue weighted by molar-refractivity contribution is 5.40. The van der Waals surface area contributed by atoms with Crippen molar-refractivity contribution in [2.24, 2.45) is 0 Å². The first kappa shape index (κ1) is 10.9. The van der Waals surface area contributed by atoms with Gasteiger partial charge in [0.1, 0.15) is 5.82 Å². The molecule has 1 aliphatic heterocycles. The maximum absolute atomic E-state index is 8.57. The van der Waals surface area contributed by atoms with Crippen molar-refractivity contribution in [3.63, 3.8) is 0 Å². The Balaban J connectivity index is 2.02. The molecular formula is C12H16N4. The van der Waals surface area contributed by atoms with Crippen molar-refractivity contribution in [3.8, 4) is 6.07 Å². The standard InChI is InChI=1S/C12H16N4/c1-15-6-8-16(9-7-15)12-3-2-11(4-5-13)10-14-12/h2-3,10H,4,6-9H2,1H3. The molecule has 0 aliphatic carbocycles. The maximum atomic E-state index is 8.57. The van der Waals surface area contributed by atoms with Gasteiger partial charge in [0, 0.05) is 32.4 Å². The van der Waals surface area contributed by atoms with Crippen molar-refractivity contribution in [1.29, 1.82) is 5.26 Å². The summed E-state index contributed by atoms with van der Waals surface area (Å²) in [5, 5.41) is 8.57. The Morgan fingerprint density at radius 1 is 1.31 bits per heavy atom. The first-order valence-electron chi connectivity index (χ1n) is 5.55. The molecule has 0 atom stereocenters. The molecular weight excluding hydrogens is 200 g/mol. The van der Waals surface area contributed by atoms with Gasteiger partial charge in [-0.15, -0.1) is 0 Å². The Hall–Kier alpha value is -1.60. The smallest absolute Gasteiger partial charge is 0.128 e. The van der Waals surface area contributed by atoms with Gasteiger partial charge in [-0.25, -0.2) is 4.98 Å². The number of piperazine rings is 1. The zero-order chi connectivity index (χ0) is 11.4. The summed E-state index contributed by atoms with van der Waals surface area (Å²) in [6.07, 6.45) is 2.24. The van der Waals surface area contributed by atoms with Gasteiger partial charge in [0.15, 0.2) is 0 Å². The molecule has 0 bridgehead atoms. The molecule has 1 aromatic heterocycles. The van der Waals surface area contributed by atoms with E-state index < -0.39 is 0 Å². The number of nitrogens with zero attached hydrogens (tertiary/aromatic N) is 4. The number of aromatic nitrogens is 1. The molecule has 0 unspecified atom stereocenters. The highest BCUT2D eigenvalue weighted by Gasteiger charge is 2.14. The van der Waals surface area contributed by atoms with Crippen molar-refractivity contribution in [3.05, 3.63) is 23.9 Å². The first-order valence-corrected chi connectivity index (χ1v) is 5.55. The third-order valence-corrected chi connectivity index (χ3v) is 2.92. The molecule has 0 radical (unpaired) electrons. The lowest BCUT2D eigenvalue weighted by Crippen LogP contribution is -2.44. The molecule has 2 heterocycles. The molecule has 1 aliphatic rings. The van der Waals surface area contributed by atoms with Crippen LogP contribution in [0.3, 0.4) is 0 Å². The molecule has 16 heavy (non-hydrogen) atoms. The van der Waals surface area contributed by atoms with Gasteiger partial charge in [-0.2, -0.15) is 5.26 Å². The van der Waals surface area contributed by atoms with E-state index in [4.69, 9.17) is 5.26 Å². The zero-order valence-electron chi connectivity index (χ0n) is 9.56. The summed E-state index contributed by atoms with van der Waals surface area (Å²) in [5.74, 6) is 1.02. The van der Waals surface area contributed by atoms with Crippen LogP contribution in [0.25, 0.3) is 0 Å². The number of nitriles is 1. The molecule has 0 spiro atoms. The number of anilines is 1. The van der Waals surface area contributed by atoms with E-state index in [0.717, 1.165) is 37.6 Å². The van der Waals surface area contributed by atoms with Gasteiger partial charge in [-0.3, -0.25) is 0 Å². The molecule has 4 heteroatoms. The molecule has 0 aromatic carbocycles. The Kier molecular flexibility index (Phi) is 3.37. The van der Waals surface area contributed by atoms with Crippen LogP contribution in [0.1, 0.15) is 5.56 Å². The van der Waals surface area contributed by atoms with Gasteiger partial charge < -0.3 is 9.80 Å². The van der Waals surface area contributed by atoms with Crippen LogP contribution in [0.15, 0.2) is 18.3 Å². The van der Waals surface area contributed by atoms with E-state index in [0.29, 0.717) is 6.42 Å². The Labute approximate surface area is 96.1 Å². The molecule has 0 saturated carbocycles. The molecule has 0 N–H and O–H groups in total. The second kappa shape index (κ2) is 4.95. The van der Waals surface area contributed by atoms with Gasteiger partial charge in [-0.05, 0) is 18.7 Å². The lowest BCUT2D eigenvalue weighted by Gasteiger charge is -2.33. The summed E-state index contributed by atoms with van der Waals surface area (Å²) in [7, 11) is 2.14. The highest BCUT2D eigenvalue weighted by Crippen LogP contribution is 2.13. The fourth-order valence-corrected chi connectivity index (χ4v) is 1.84. The van der Waals surface area contributed by atoms with Crippen molar-refractivity contribution in [2.75, 3.05) is 38.1 Å². The van der Waals surface area contributed by atoms with E-state index in [1.807, 2.05) is 12.1 Å². The quantitative estimate of drug-likeness (QED) is 0.736. The molecule has 1 aromatic rings. The minimum atomic E-state index is 0.440. The summed E-state index contributed by atoms with van der Waals surface area (Å²) >= 11 is 0. The van der Waals surface area contributed by atoms with Crippen LogP contribution in [0.2, 0.25) is 0 Å². The number of hydrogen-bond donors (Lipinski definition) is 0. The van der Waals surface area contributed by atoms with Crippen LogP contribution in [0.5, 0.6) is 0 Å². The monoisotopic (exact) mass is 216 g/mol. The normalized spacial score (nSPS) is 17.1. The zero-order valence-corrected chi connectivity index (χ0v) is 9.56. The second-order valence-corrected chi connectivity index (χ2v) is 4.15. The van der Waals surface area contributed by atoms with Crippen molar-refractivity contribution < 1.29 is 0 Å². The van der Waals surface area contributed by atoms with Gasteiger partial charge in [-0.1, -0.05) is 6.07 Å². The molecule has 1 fully saturated rings. The van der Waals surface area contributed by atoms with E-state index in [1.165, 1.54) is 0 Å². The molecule has 0 amide bonds. The maximum Gasteiger partial charge on any atom is 0.128 e. The van der Waals surface area contributed by atoms with Crippen LogP contribution in [0.4, 0.5) is 5.82 Å². The number of hydrogen-bond acceptors (Lipinski definition) is 4. The second-order valence-electron chi connectivity index (χ2n) is 4.15. The summed E-state index contributed by atoms with van der Waals surface area (Å²) in [4.78, 5) is 9.01. The van der Waals surface area contributed by atoms with Crippen molar-refractivity contribution >= 4 is 5.82 Å².